The first-order chi connectivity index (χ1) is 8.47. The van der Waals surface area contributed by atoms with Crippen LogP contribution in [0.1, 0.15) is 31.8 Å². The minimum Gasteiger partial charge on any atom is -0.344 e. The Morgan fingerprint density at radius 3 is 2.67 bits per heavy atom. The molecule has 0 aromatic carbocycles. The number of carbonyl (C=O) groups is 1. The fourth-order valence-corrected chi connectivity index (χ4v) is 2.41. The topological polar surface area (TPSA) is 59.8 Å². The summed E-state index contributed by atoms with van der Waals surface area (Å²) in [6, 6.07) is 1.77. The van der Waals surface area contributed by atoms with Crippen LogP contribution in [0.15, 0.2) is 6.07 Å². The van der Waals surface area contributed by atoms with Crippen LogP contribution >= 0.6 is 11.3 Å². The van der Waals surface area contributed by atoms with Crippen LogP contribution in [-0.2, 0) is 13.6 Å². The molecule has 2 aromatic heterocycles. The molecule has 1 N–H and O–H groups in total. The molecule has 18 heavy (non-hydrogen) atoms. The summed E-state index contributed by atoms with van der Waals surface area (Å²) in [5, 5.41) is 7.88. The third-order valence-electron chi connectivity index (χ3n) is 2.82. The minimum atomic E-state index is -0.163. The van der Waals surface area contributed by atoms with Gasteiger partial charge in [-0.3, -0.25) is 9.48 Å². The molecule has 96 valence electrons. The van der Waals surface area contributed by atoms with Gasteiger partial charge >= 0.3 is 0 Å². The number of aromatic nitrogens is 3. The maximum atomic E-state index is 11.9. The molecule has 0 radical (unpaired) electrons. The van der Waals surface area contributed by atoms with E-state index in [1.54, 1.807) is 22.1 Å². The van der Waals surface area contributed by atoms with Crippen molar-refractivity contribution in [2.75, 3.05) is 0 Å². The van der Waals surface area contributed by atoms with Crippen LogP contribution in [0.4, 0.5) is 0 Å². The average Bonchev–Trinajstić information content (AvgIpc) is 2.81. The van der Waals surface area contributed by atoms with E-state index in [2.05, 4.69) is 15.4 Å². The molecule has 0 aliphatic rings. The van der Waals surface area contributed by atoms with Crippen molar-refractivity contribution >= 4 is 17.2 Å². The zero-order valence-electron chi connectivity index (χ0n) is 10.9. The van der Waals surface area contributed by atoms with Gasteiger partial charge in [0, 0.05) is 17.6 Å². The molecule has 0 unspecified atom stereocenters. The highest BCUT2D eigenvalue weighted by Crippen LogP contribution is 2.16. The van der Waals surface area contributed by atoms with E-state index in [1.165, 1.54) is 4.88 Å². The summed E-state index contributed by atoms with van der Waals surface area (Å²) in [7, 11) is 1.82. The van der Waals surface area contributed by atoms with Crippen molar-refractivity contribution in [3.8, 4) is 0 Å². The molecule has 0 aliphatic heterocycles. The van der Waals surface area contributed by atoms with E-state index in [1.807, 2.05) is 27.8 Å². The maximum absolute atomic E-state index is 11.9. The predicted octanol–water partition coefficient (Wildman–Crippen LogP) is 1.73. The number of nitrogens with one attached hydrogen (secondary N) is 1. The fraction of sp³-hybridized carbons (Fsp3) is 0.417. The van der Waals surface area contributed by atoms with Crippen molar-refractivity contribution < 1.29 is 4.79 Å². The lowest BCUT2D eigenvalue weighted by atomic mass is 10.3. The van der Waals surface area contributed by atoms with Crippen LogP contribution in [-0.4, -0.2) is 20.7 Å². The maximum Gasteiger partial charge on any atom is 0.272 e. The Labute approximate surface area is 110 Å². The van der Waals surface area contributed by atoms with Gasteiger partial charge in [0.05, 0.1) is 12.2 Å². The van der Waals surface area contributed by atoms with Gasteiger partial charge in [0.15, 0.2) is 0 Å². The summed E-state index contributed by atoms with van der Waals surface area (Å²) in [5.41, 5.74) is 2.43. The van der Waals surface area contributed by atoms with Crippen LogP contribution in [0.3, 0.4) is 0 Å². The standard InChI is InChI=1S/C12H16N4OS/c1-7-5-10(15-16(7)4)12(17)13-6-11-14-8(2)9(3)18-11/h5H,6H2,1-4H3,(H,13,17). The van der Waals surface area contributed by atoms with Gasteiger partial charge in [0.25, 0.3) is 5.91 Å². The lowest BCUT2D eigenvalue weighted by Crippen LogP contribution is -2.23. The summed E-state index contributed by atoms with van der Waals surface area (Å²) < 4.78 is 1.69. The van der Waals surface area contributed by atoms with E-state index in [9.17, 15) is 4.79 Å². The second-order valence-corrected chi connectivity index (χ2v) is 5.51. The van der Waals surface area contributed by atoms with Gasteiger partial charge in [-0.05, 0) is 26.8 Å². The van der Waals surface area contributed by atoms with Crippen molar-refractivity contribution in [1.29, 1.82) is 0 Å². The Balaban J connectivity index is 2.00. The molecule has 0 bridgehead atoms. The quantitative estimate of drug-likeness (QED) is 0.918. The summed E-state index contributed by atoms with van der Waals surface area (Å²) in [4.78, 5) is 17.4. The van der Waals surface area contributed by atoms with Gasteiger partial charge in [-0.1, -0.05) is 0 Å². The molecular formula is C12H16N4OS. The molecular weight excluding hydrogens is 248 g/mol. The molecule has 0 atom stereocenters. The zero-order chi connectivity index (χ0) is 13.3. The summed E-state index contributed by atoms with van der Waals surface area (Å²) in [6.07, 6.45) is 0. The summed E-state index contributed by atoms with van der Waals surface area (Å²) in [6.45, 7) is 6.37. The third kappa shape index (κ3) is 2.59. The fourth-order valence-electron chi connectivity index (χ4n) is 1.53. The number of thiazole rings is 1. The molecule has 5 nitrogen and oxygen atoms in total. The number of amides is 1. The molecule has 0 aliphatic carbocycles. The first-order valence-electron chi connectivity index (χ1n) is 5.69. The second kappa shape index (κ2) is 4.89. The molecule has 0 saturated heterocycles. The largest absolute Gasteiger partial charge is 0.344 e. The lowest BCUT2D eigenvalue weighted by Gasteiger charge is -1.99. The van der Waals surface area contributed by atoms with Gasteiger partial charge in [-0.15, -0.1) is 11.3 Å². The summed E-state index contributed by atoms with van der Waals surface area (Å²) >= 11 is 1.61. The monoisotopic (exact) mass is 264 g/mol. The Morgan fingerprint density at radius 1 is 1.44 bits per heavy atom. The molecule has 2 rings (SSSR count). The first kappa shape index (κ1) is 12.8. The Bertz CT molecular complexity index is 546. The zero-order valence-corrected chi connectivity index (χ0v) is 11.8. The average molecular weight is 264 g/mol. The van der Waals surface area contributed by atoms with E-state index in [-0.39, 0.29) is 5.91 Å². The van der Waals surface area contributed by atoms with Crippen LogP contribution in [0, 0.1) is 20.8 Å². The molecule has 2 heterocycles. The number of hydrogen-bond acceptors (Lipinski definition) is 4. The number of nitrogens with zero attached hydrogens (tertiary/aromatic N) is 3. The Kier molecular flexibility index (Phi) is 3.47. The molecule has 0 saturated carbocycles. The molecule has 0 fully saturated rings. The van der Waals surface area contributed by atoms with Crippen LogP contribution in [0.2, 0.25) is 0 Å². The van der Waals surface area contributed by atoms with Gasteiger partial charge in [-0.25, -0.2) is 4.98 Å². The van der Waals surface area contributed by atoms with Crippen molar-refractivity contribution in [2.24, 2.45) is 7.05 Å². The van der Waals surface area contributed by atoms with Crippen molar-refractivity contribution in [1.82, 2.24) is 20.1 Å². The molecule has 1 amide bonds. The third-order valence-corrected chi connectivity index (χ3v) is 3.89. The van der Waals surface area contributed by atoms with Crippen molar-refractivity contribution in [2.45, 2.75) is 27.3 Å². The Morgan fingerprint density at radius 2 is 2.17 bits per heavy atom. The minimum absolute atomic E-state index is 0.163. The SMILES string of the molecule is Cc1nc(CNC(=O)c2cc(C)n(C)n2)sc1C. The van der Waals surface area contributed by atoms with Crippen molar-refractivity contribution in [3.05, 3.63) is 33.0 Å². The highest BCUT2D eigenvalue weighted by atomic mass is 32.1. The van der Waals surface area contributed by atoms with Gasteiger partial charge in [0.1, 0.15) is 10.7 Å². The van der Waals surface area contributed by atoms with E-state index in [4.69, 9.17) is 0 Å². The number of aryl methyl sites for hydroxylation is 4. The smallest absolute Gasteiger partial charge is 0.272 e. The normalized spacial score (nSPS) is 10.7. The van der Waals surface area contributed by atoms with Gasteiger partial charge in [-0.2, -0.15) is 5.10 Å². The van der Waals surface area contributed by atoms with Crippen LogP contribution < -0.4 is 5.32 Å². The number of hydrogen-bond donors (Lipinski definition) is 1. The van der Waals surface area contributed by atoms with E-state index in [0.29, 0.717) is 12.2 Å². The lowest BCUT2D eigenvalue weighted by molar-refractivity contribution is 0.0945. The van der Waals surface area contributed by atoms with Crippen LogP contribution in [0.5, 0.6) is 0 Å². The highest BCUT2D eigenvalue weighted by molar-refractivity contribution is 7.11. The van der Waals surface area contributed by atoms with Gasteiger partial charge < -0.3 is 5.32 Å². The van der Waals surface area contributed by atoms with E-state index < -0.39 is 0 Å². The molecule has 6 heteroatoms. The van der Waals surface area contributed by atoms with Gasteiger partial charge in [0.2, 0.25) is 0 Å². The van der Waals surface area contributed by atoms with Crippen LogP contribution in [0.25, 0.3) is 0 Å². The summed E-state index contributed by atoms with van der Waals surface area (Å²) in [5.74, 6) is -0.163. The highest BCUT2D eigenvalue weighted by Gasteiger charge is 2.11. The van der Waals surface area contributed by atoms with E-state index >= 15 is 0 Å². The molecule has 2 aromatic rings. The first-order valence-corrected chi connectivity index (χ1v) is 6.50. The molecule has 0 spiro atoms. The number of rotatable bonds is 3. The Hall–Kier alpha value is -1.69. The predicted molar refractivity (Wildman–Crippen MR) is 70.7 cm³/mol. The number of carbonyl (C=O) groups excluding carboxylic acids is 1. The van der Waals surface area contributed by atoms with Crippen molar-refractivity contribution in [3.63, 3.8) is 0 Å². The van der Waals surface area contributed by atoms with E-state index in [0.717, 1.165) is 16.4 Å². The second-order valence-electron chi connectivity index (χ2n) is 4.23.